The molecule has 4 rings (SSSR count). The van der Waals surface area contributed by atoms with E-state index in [1.165, 1.54) is 0 Å². The summed E-state index contributed by atoms with van der Waals surface area (Å²) < 4.78 is 10.4. The first-order valence-corrected chi connectivity index (χ1v) is 9.82. The minimum atomic E-state index is -0.131. The summed E-state index contributed by atoms with van der Waals surface area (Å²) in [6, 6.07) is 15.3. The Morgan fingerprint density at radius 3 is 2.89 bits per heavy atom. The number of hydrogen-bond acceptors (Lipinski definition) is 6. The number of nitrogens with one attached hydrogen (secondary N) is 1. The number of ether oxygens (including phenoxy) is 1. The van der Waals surface area contributed by atoms with E-state index in [4.69, 9.17) is 14.2 Å². The van der Waals surface area contributed by atoms with Gasteiger partial charge in [0.05, 0.1) is 5.39 Å². The van der Waals surface area contributed by atoms with Crippen LogP contribution < -0.4 is 5.32 Å². The lowest BCUT2D eigenvalue weighted by molar-refractivity contribution is 0.0948. The zero-order valence-corrected chi connectivity index (χ0v) is 16.2. The molecule has 142 valence electrons. The molecule has 0 atom stereocenters. The molecule has 0 aliphatic carbocycles. The fourth-order valence-electron chi connectivity index (χ4n) is 2.88. The summed E-state index contributed by atoms with van der Waals surface area (Å²) in [4.78, 5) is 17.1. The molecule has 0 radical (unpaired) electrons. The molecule has 0 bridgehead atoms. The fourth-order valence-corrected chi connectivity index (χ4v) is 3.69. The number of thiazole rings is 1. The smallest absolute Gasteiger partial charge is 0.251 e. The van der Waals surface area contributed by atoms with Crippen LogP contribution in [-0.2, 0) is 4.74 Å². The maximum atomic E-state index is 12.4. The molecular formula is C21H19N3O3S. The number of nitrogens with zero attached hydrogens (tertiary/aromatic N) is 2. The highest BCUT2D eigenvalue weighted by atomic mass is 32.1. The molecule has 2 aromatic carbocycles. The number of hydrogen-bond donors (Lipinski definition) is 1. The van der Waals surface area contributed by atoms with Crippen molar-refractivity contribution in [3.05, 3.63) is 59.5 Å². The Morgan fingerprint density at radius 2 is 2.07 bits per heavy atom. The average molecular weight is 393 g/mol. The van der Waals surface area contributed by atoms with Gasteiger partial charge in [-0.2, -0.15) is 0 Å². The van der Waals surface area contributed by atoms with Crippen molar-refractivity contribution in [1.82, 2.24) is 15.5 Å². The summed E-state index contributed by atoms with van der Waals surface area (Å²) in [5.74, 6) is -0.131. The average Bonchev–Trinajstić information content (AvgIpc) is 3.38. The van der Waals surface area contributed by atoms with E-state index < -0.39 is 0 Å². The molecule has 0 aliphatic rings. The summed E-state index contributed by atoms with van der Waals surface area (Å²) >= 11 is 1.55. The van der Waals surface area contributed by atoms with E-state index in [1.54, 1.807) is 36.6 Å². The van der Waals surface area contributed by atoms with Crippen LogP contribution in [0.2, 0.25) is 0 Å². The summed E-state index contributed by atoms with van der Waals surface area (Å²) in [7, 11) is 1.64. The van der Waals surface area contributed by atoms with Crippen LogP contribution in [0.1, 0.15) is 16.8 Å². The highest BCUT2D eigenvalue weighted by Gasteiger charge is 2.16. The predicted octanol–water partition coefficient (Wildman–Crippen LogP) is 4.38. The molecule has 28 heavy (non-hydrogen) atoms. The van der Waals surface area contributed by atoms with Crippen LogP contribution in [-0.4, -0.2) is 36.3 Å². The van der Waals surface area contributed by atoms with Crippen molar-refractivity contribution in [3.8, 4) is 22.0 Å². The molecule has 7 heteroatoms. The van der Waals surface area contributed by atoms with Crippen LogP contribution in [0.25, 0.3) is 32.9 Å². The van der Waals surface area contributed by atoms with Gasteiger partial charge in [-0.05, 0) is 24.6 Å². The summed E-state index contributed by atoms with van der Waals surface area (Å²) in [5.41, 5.74) is 3.62. The zero-order valence-electron chi connectivity index (χ0n) is 15.3. The molecule has 0 fully saturated rings. The van der Waals surface area contributed by atoms with Crippen molar-refractivity contribution in [2.24, 2.45) is 0 Å². The molecule has 1 N–H and O–H groups in total. The monoisotopic (exact) mass is 393 g/mol. The minimum absolute atomic E-state index is 0.131. The third-order valence-corrected chi connectivity index (χ3v) is 5.20. The predicted molar refractivity (Wildman–Crippen MR) is 109 cm³/mol. The first kappa shape index (κ1) is 18.3. The van der Waals surface area contributed by atoms with E-state index in [2.05, 4.69) is 10.5 Å². The van der Waals surface area contributed by atoms with Gasteiger partial charge in [-0.3, -0.25) is 4.79 Å². The van der Waals surface area contributed by atoms with E-state index in [9.17, 15) is 4.79 Å². The van der Waals surface area contributed by atoms with Crippen molar-refractivity contribution in [2.75, 3.05) is 20.3 Å². The first-order chi connectivity index (χ1) is 13.8. The second-order valence-electron chi connectivity index (χ2n) is 6.25. The lowest BCUT2D eigenvalue weighted by atomic mass is 10.1. The van der Waals surface area contributed by atoms with E-state index in [0.29, 0.717) is 30.0 Å². The molecule has 0 unspecified atom stereocenters. The number of benzene rings is 2. The third kappa shape index (κ3) is 3.81. The summed E-state index contributed by atoms with van der Waals surface area (Å²) in [6.45, 7) is 1.18. The normalized spacial score (nSPS) is 11.0. The van der Waals surface area contributed by atoms with Crippen molar-refractivity contribution in [1.29, 1.82) is 0 Å². The quantitative estimate of drug-likeness (QED) is 0.471. The van der Waals surface area contributed by atoms with E-state index in [1.807, 2.05) is 35.7 Å². The Morgan fingerprint density at radius 1 is 1.21 bits per heavy atom. The molecule has 0 saturated heterocycles. The molecule has 6 nitrogen and oxygen atoms in total. The van der Waals surface area contributed by atoms with Gasteiger partial charge in [0, 0.05) is 36.8 Å². The highest BCUT2D eigenvalue weighted by Crippen LogP contribution is 2.32. The first-order valence-electron chi connectivity index (χ1n) is 8.94. The molecule has 0 spiro atoms. The van der Waals surface area contributed by atoms with Gasteiger partial charge in [-0.25, -0.2) is 4.98 Å². The number of methoxy groups -OCH3 is 1. The second kappa shape index (κ2) is 8.33. The molecule has 2 aromatic heterocycles. The van der Waals surface area contributed by atoms with Gasteiger partial charge in [0.15, 0.2) is 5.58 Å². The Balaban J connectivity index is 1.60. The Hall–Kier alpha value is -3.03. The highest BCUT2D eigenvalue weighted by molar-refractivity contribution is 7.13. The van der Waals surface area contributed by atoms with Crippen LogP contribution in [0.4, 0.5) is 0 Å². The molecular weight excluding hydrogens is 374 g/mol. The van der Waals surface area contributed by atoms with E-state index in [-0.39, 0.29) is 5.91 Å². The number of fused-ring (bicyclic) bond motifs is 1. The summed E-state index contributed by atoms with van der Waals surface area (Å²) in [5, 5.41) is 10.7. The van der Waals surface area contributed by atoms with E-state index >= 15 is 0 Å². The van der Waals surface area contributed by atoms with Gasteiger partial charge in [0.2, 0.25) is 0 Å². The van der Waals surface area contributed by atoms with Gasteiger partial charge >= 0.3 is 0 Å². The SMILES string of the molecule is COCCCNC(=O)c1ccc2onc(-c3csc(-c4ccccc4)n3)c2c1. The van der Waals surface area contributed by atoms with Gasteiger partial charge < -0.3 is 14.6 Å². The lowest BCUT2D eigenvalue weighted by Gasteiger charge is -2.04. The Labute approximate surface area is 166 Å². The molecule has 1 amide bonds. The number of carbonyl (C=O) groups excluding carboxylic acids is 1. The van der Waals surface area contributed by atoms with Crippen LogP contribution >= 0.6 is 11.3 Å². The van der Waals surface area contributed by atoms with Gasteiger partial charge in [-0.1, -0.05) is 35.5 Å². The van der Waals surface area contributed by atoms with Crippen molar-refractivity contribution >= 4 is 28.2 Å². The van der Waals surface area contributed by atoms with Crippen LogP contribution in [0.15, 0.2) is 58.4 Å². The van der Waals surface area contributed by atoms with Gasteiger partial charge in [0.1, 0.15) is 16.4 Å². The Kier molecular flexibility index (Phi) is 5.45. The number of rotatable bonds is 7. The molecule has 4 aromatic rings. The largest absolute Gasteiger partial charge is 0.385 e. The van der Waals surface area contributed by atoms with E-state index in [0.717, 1.165) is 28.1 Å². The third-order valence-electron chi connectivity index (χ3n) is 4.31. The van der Waals surface area contributed by atoms with Gasteiger partial charge in [0.25, 0.3) is 5.91 Å². The number of carbonyl (C=O) groups is 1. The summed E-state index contributed by atoms with van der Waals surface area (Å²) in [6.07, 6.45) is 0.768. The topological polar surface area (TPSA) is 77.2 Å². The fraction of sp³-hybridized carbons (Fsp3) is 0.190. The Bertz CT molecular complexity index is 1090. The molecule has 0 aliphatic heterocycles. The van der Waals surface area contributed by atoms with Crippen molar-refractivity contribution in [2.45, 2.75) is 6.42 Å². The maximum absolute atomic E-state index is 12.4. The number of amides is 1. The number of aromatic nitrogens is 2. The van der Waals surface area contributed by atoms with Crippen LogP contribution in [0.3, 0.4) is 0 Å². The maximum Gasteiger partial charge on any atom is 0.251 e. The standard InChI is InChI=1S/C21H19N3O3S/c1-26-11-5-10-22-20(25)15-8-9-18-16(12-15)19(24-27-18)17-13-28-21(23-17)14-6-3-2-4-7-14/h2-4,6-9,12-13H,5,10-11H2,1H3,(H,22,25). The molecule has 2 heterocycles. The van der Waals surface area contributed by atoms with Crippen LogP contribution in [0, 0.1) is 0 Å². The van der Waals surface area contributed by atoms with Gasteiger partial charge in [-0.15, -0.1) is 11.3 Å². The lowest BCUT2D eigenvalue weighted by Crippen LogP contribution is -2.25. The van der Waals surface area contributed by atoms with Crippen LogP contribution in [0.5, 0.6) is 0 Å². The second-order valence-corrected chi connectivity index (χ2v) is 7.11. The minimum Gasteiger partial charge on any atom is -0.385 e. The zero-order chi connectivity index (χ0) is 19.3. The molecule has 0 saturated carbocycles. The van der Waals surface area contributed by atoms with Crippen molar-refractivity contribution in [3.63, 3.8) is 0 Å². The van der Waals surface area contributed by atoms with Crippen molar-refractivity contribution < 1.29 is 14.1 Å².